The van der Waals surface area contributed by atoms with Gasteiger partial charge in [-0.3, -0.25) is 9.69 Å². The van der Waals surface area contributed by atoms with Gasteiger partial charge in [0.1, 0.15) is 0 Å². The molecule has 1 aliphatic heterocycles. The number of likely N-dealkylation sites (tertiary alicyclic amines) is 1. The highest BCUT2D eigenvalue weighted by molar-refractivity contribution is 5.70. The van der Waals surface area contributed by atoms with E-state index in [0.29, 0.717) is 12.5 Å². The van der Waals surface area contributed by atoms with Crippen LogP contribution in [0.1, 0.15) is 50.7 Å². The number of esters is 1. The van der Waals surface area contributed by atoms with Gasteiger partial charge in [0.05, 0.1) is 12.5 Å². The van der Waals surface area contributed by atoms with Crippen LogP contribution >= 0.6 is 0 Å². The molecule has 0 aliphatic carbocycles. The number of rotatable bonds is 5. The Bertz CT molecular complexity index is 470. The number of carbonyl (C=O) groups is 1. The van der Waals surface area contributed by atoms with Crippen molar-refractivity contribution in [3.05, 3.63) is 35.4 Å². The molecule has 1 unspecified atom stereocenters. The van der Waals surface area contributed by atoms with E-state index in [9.17, 15) is 4.79 Å². The molecular formula is C18H27NO2. The first kappa shape index (κ1) is 16.0. The third kappa shape index (κ3) is 5.16. The molecule has 0 spiro atoms. The molecule has 1 aromatic rings. The van der Waals surface area contributed by atoms with Crippen molar-refractivity contribution in [1.82, 2.24) is 4.90 Å². The van der Waals surface area contributed by atoms with Crippen molar-refractivity contribution in [2.45, 2.75) is 65.1 Å². The fourth-order valence-corrected chi connectivity index (χ4v) is 3.05. The Labute approximate surface area is 128 Å². The van der Waals surface area contributed by atoms with Crippen molar-refractivity contribution in [2.24, 2.45) is 0 Å². The van der Waals surface area contributed by atoms with E-state index in [2.05, 4.69) is 36.1 Å². The maximum atomic E-state index is 11.9. The first-order valence-corrected chi connectivity index (χ1v) is 8.03. The molecule has 0 amide bonds. The lowest BCUT2D eigenvalue weighted by Crippen LogP contribution is -2.40. The number of piperidine rings is 1. The molecule has 116 valence electrons. The first-order valence-electron chi connectivity index (χ1n) is 8.03. The largest absolute Gasteiger partial charge is 0.463 e. The molecule has 1 atom stereocenters. The Morgan fingerprint density at radius 1 is 1.38 bits per heavy atom. The Balaban J connectivity index is 1.96. The lowest BCUT2D eigenvalue weighted by molar-refractivity contribution is -0.149. The zero-order valence-corrected chi connectivity index (χ0v) is 13.5. The molecule has 1 saturated heterocycles. The summed E-state index contributed by atoms with van der Waals surface area (Å²) in [5.74, 6) is -0.0638. The van der Waals surface area contributed by atoms with E-state index in [4.69, 9.17) is 4.74 Å². The van der Waals surface area contributed by atoms with Gasteiger partial charge in [0.15, 0.2) is 0 Å². The maximum absolute atomic E-state index is 11.9. The molecule has 0 bridgehead atoms. The van der Waals surface area contributed by atoms with Gasteiger partial charge in [-0.25, -0.2) is 0 Å². The minimum Gasteiger partial charge on any atom is -0.463 e. The predicted octanol–water partition coefficient (Wildman–Crippen LogP) is 3.69. The Kier molecular flexibility index (Phi) is 5.80. The molecule has 3 heteroatoms. The minimum atomic E-state index is -0.0638. The Morgan fingerprint density at radius 3 is 2.90 bits per heavy atom. The molecule has 21 heavy (non-hydrogen) atoms. The smallest absolute Gasteiger partial charge is 0.307 e. The standard InChI is InChI=1S/C18H27NO2/c1-14(2)21-18(20)12-17-9-4-5-10-19(17)13-16-8-6-7-15(3)11-16/h6-8,11,14,17H,4-5,9-10,12-13H2,1-3H3. The highest BCUT2D eigenvalue weighted by Gasteiger charge is 2.25. The molecule has 3 nitrogen and oxygen atoms in total. The van der Waals surface area contributed by atoms with E-state index in [-0.39, 0.29) is 12.1 Å². The number of nitrogens with zero attached hydrogens (tertiary/aromatic N) is 1. The molecule has 0 N–H and O–H groups in total. The van der Waals surface area contributed by atoms with Gasteiger partial charge in [-0.1, -0.05) is 36.2 Å². The molecule has 1 heterocycles. The summed E-state index contributed by atoms with van der Waals surface area (Å²) in [6.07, 6.45) is 4.03. The van der Waals surface area contributed by atoms with Crippen molar-refractivity contribution < 1.29 is 9.53 Å². The van der Waals surface area contributed by atoms with Crippen molar-refractivity contribution in [1.29, 1.82) is 0 Å². The Morgan fingerprint density at radius 2 is 2.19 bits per heavy atom. The van der Waals surface area contributed by atoms with Crippen LogP contribution in [0.5, 0.6) is 0 Å². The van der Waals surface area contributed by atoms with Gasteiger partial charge >= 0.3 is 5.97 Å². The average Bonchev–Trinajstić information content (AvgIpc) is 2.40. The van der Waals surface area contributed by atoms with Crippen molar-refractivity contribution in [3.8, 4) is 0 Å². The van der Waals surface area contributed by atoms with Gasteiger partial charge in [-0.05, 0) is 45.7 Å². The second-order valence-electron chi connectivity index (χ2n) is 6.35. The summed E-state index contributed by atoms with van der Waals surface area (Å²) in [6.45, 7) is 7.94. The third-order valence-electron chi connectivity index (χ3n) is 3.99. The number of carbonyl (C=O) groups excluding carboxylic acids is 1. The summed E-state index contributed by atoms with van der Waals surface area (Å²) in [5, 5.41) is 0. The zero-order chi connectivity index (χ0) is 15.2. The van der Waals surface area contributed by atoms with Crippen LogP contribution in [0.15, 0.2) is 24.3 Å². The molecular weight excluding hydrogens is 262 g/mol. The van der Waals surface area contributed by atoms with E-state index in [1.54, 1.807) is 0 Å². The highest BCUT2D eigenvalue weighted by atomic mass is 16.5. The molecule has 0 saturated carbocycles. The lowest BCUT2D eigenvalue weighted by Gasteiger charge is -2.35. The number of benzene rings is 1. The molecule has 0 aromatic heterocycles. The summed E-state index contributed by atoms with van der Waals surface area (Å²) >= 11 is 0. The summed E-state index contributed by atoms with van der Waals surface area (Å²) in [7, 11) is 0. The molecule has 1 aromatic carbocycles. The average molecular weight is 289 g/mol. The normalized spacial score (nSPS) is 19.7. The van der Waals surface area contributed by atoms with Crippen molar-refractivity contribution in [2.75, 3.05) is 6.54 Å². The summed E-state index contributed by atoms with van der Waals surface area (Å²) < 4.78 is 5.31. The minimum absolute atomic E-state index is 0.0219. The highest BCUT2D eigenvalue weighted by Crippen LogP contribution is 2.22. The van der Waals surface area contributed by atoms with Gasteiger partial charge < -0.3 is 4.74 Å². The van der Waals surface area contributed by atoms with Crippen LogP contribution in [0.25, 0.3) is 0 Å². The first-order chi connectivity index (χ1) is 10.0. The molecule has 0 radical (unpaired) electrons. The number of hydrogen-bond donors (Lipinski definition) is 0. The van der Waals surface area contributed by atoms with Gasteiger partial charge in [0.2, 0.25) is 0 Å². The predicted molar refractivity (Wildman–Crippen MR) is 85.1 cm³/mol. The van der Waals surface area contributed by atoms with Gasteiger partial charge in [0.25, 0.3) is 0 Å². The number of hydrogen-bond acceptors (Lipinski definition) is 3. The van der Waals surface area contributed by atoms with Crippen LogP contribution in [0.4, 0.5) is 0 Å². The zero-order valence-electron chi connectivity index (χ0n) is 13.5. The topological polar surface area (TPSA) is 29.5 Å². The Hall–Kier alpha value is -1.35. The van der Waals surface area contributed by atoms with Crippen LogP contribution in [-0.2, 0) is 16.1 Å². The number of ether oxygens (including phenoxy) is 1. The summed E-state index contributed by atoms with van der Waals surface area (Å²) in [6, 6.07) is 8.96. The van der Waals surface area contributed by atoms with Crippen LogP contribution in [0.3, 0.4) is 0 Å². The SMILES string of the molecule is Cc1cccc(CN2CCCCC2CC(=O)OC(C)C)c1. The van der Waals surface area contributed by atoms with E-state index < -0.39 is 0 Å². The van der Waals surface area contributed by atoms with Gasteiger partial charge in [0, 0.05) is 12.6 Å². The third-order valence-corrected chi connectivity index (χ3v) is 3.99. The van der Waals surface area contributed by atoms with Crippen LogP contribution in [-0.4, -0.2) is 29.6 Å². The van der Waals surface area contributed by atoms with Crippen LogP contribution in [0, 0.1) is 6.92 Å². The van der Waals surface area contributed by atoms with Gasteiger partial charge in [-0.2, -0.15) is 0 Å². The van der Waals surface area contributed by atoms with E-state index in [0.717, 1.165) is 19.5 Å². The molecule has 1 aliphatic rings. The lowest BCUT2D eigenvalue weighted by atomic mass is 9.98. The quantitative estimate of drug-likeness (QED) is 0.774. The number of aryl methyl sites for hydroxylation is 1. The monoisotopic (exact) mass is 289 g/mol. The van der Waals surface area contributed by atoms with Gasteiger partial charge in [-0.15, -0.1) is 0 Å². The van der Waals surface area contributed by atoms with Crippen LogP contribution in [0.2, 0.25) is 0 Å². The fraction of sp³-hybridized carbons (Fsp3) is 0.611. The van der Waals surface area contributed by atoms with Crippen molar-refractivity contribution in [3.63, 3.8) is 0 Å². The summed E-state index contributed by atoms with van der Waals surface area (Å²) in [4.78, 5) is 14.4. The van der Waals surface area contributed by atoms with E-state index in [1.807, 2.05) is 13.8 Å². The van der Waals surface area contributed by atoms with Crippen LogP contribution < -0.4 is 0 Å². The van der Waals surface area contributed by atoms with Crippen molar-refractivity contribution >= 4 is 5.97 Å². The van der Waals surface area contributed by atoms with E-state index >= 15 is 0 Å². The van der Waals surface area contributed by atoms with E-state index in [1.165, 1.54) is 24.0 Å². The molecule has 2 rings (SSSR count). The molecule has 1 fully saturated rings. The second kappa shape index (κ2) is 7.60. The fourth-order valence-electron chi connectivity index (χ4n) is 3.05. The second-order valence-corrected chi connectivity index (χ2v) is 6.35. The summed E-state index contributed by atoms with van der Waals surface area (Å²) in [5.41, 5.74) is 2.62. The maximum Gasteiger partial charge on any atom is 0.307 e.